The molecule has 0 aromatic heterocycles. The Morgan fingerprint density at radius 2 is 2.11 bits per heavy atom. The Kier molecular flexibility index (Phi) is 5.97. The number of urea groups is 1. The first-order valence-corrected chi connectivity index (χ1v) is 7.85. The average Bonchev–Trinajstić information content (AvgIpc) is 2.38. The van der Waals surface area contributed by atoms with Gasteiger partial charge in [-0.25, -0.2) is 9.59 Å². The smallest absolute Gasteiger partial charge is 0.329 e. The van der Waals surface area contributed by atoms with Crippen molar-refractivity contribution >= 4 is 23.8 Å². The maximum absolute atomic E-state index is 12.1. The highest BCUT2D eigenvalue weighted by Gasteiger charge is 2.37. The summed E-state index contributed by atoms with van der Waals surface area (Å²) in [6, 6.07) is -0.291. The van der Waals surface area contributed by atoms with E-state index in [2.05, 4.69) is 5.32 Å². The number of carboxylic acid groups (broad SMARTS) is 1. The van der Waals surface area contributed by atoms with Gasteiger partial charge in [-0.15, -0.1) is 0 Å². The van der Waals surface area contributed by atoms with E-state index in [-0.39, 0.29) is 6.03 Å². The summed E-state index contributed by atoms with van der Waals surface area (Å²) in [7, 11) is 0. The van der Waals surface area contributed by atoms with Gasteiger partial charge in [0.15, 0.2) is 0 Å². The topological polar surface area (TPSA) is 69.6 Å². The number of carbonyl (C=O) groups excluding carboxylic acids is 1. The van der Waals surface area contributed by atoms with Crippen molar-refractivity contribution in [3.63, 3.8) is 0 Å². The highest BCUT2D eigenvalue weighted by atomic mass is 32.2. The summed E-state index contributed by atoms with van der Waals surface area (Å²) in [4.78, 5) is 24.7. The maximum Gasteiger partial charge on any atom is 0.329 e. The van der Waals surface area contributed by atoms with Crippen LogP contribution in [0.5, 0.6) is 0 Å². The van der Waals surface area contributed by atoms with E-state index in [0.717, 1.165) is 12.2 Å². The fourth-order valence-corrected chi connectivity index (χ4v) is 3.41. The van der Waals surface area contributed by atoms with Gasteiger partial charge in [-0.05, 0) is 39.4 Å². The zero-order chi connectivity index (χ0) is 14.5. The third-order valence-electron chi connectivity index (χ3n) is 3.51. The number of carbonyl (C=O) groups is 2. The van der Waals surface area contributed by atoms with Crippen LogP contribution in [0.15, 0.2) is 0 Å². The van der Waals surface area contributed by atoms with Crippen molar-refractivity contribution in [2.45, 2.75) is 50.8 Å². The van der Waals surface area contributed by atoms with Gasteiger partial charge in [0.05, 0.1) is 0 Å². The van der Waals surface area contributed by atoms with E-state index in [1.807, 2.05) is 11.8 Å². The molecule has 1 rings (SSSR count). The molecule has 0 spiro atoms. The van der Waals surface area contributed by atoms with Crippen LogP contribution in [-0.2, 0) is 4.79 Å². The number of carboxylic acids is 1. The lowest BCUT2D eigenvalue weighted by molar-refractivity contribution is -0.147. The van der Waals surface area contributed by atoms with E-state index in [4.69, 9.17) is 0 Å². The molecule has 1 aliphatic rings. The van der Waals surface area contributed by atoms with Crippen molar-refractivity contribution in [1.29, 1.82) is 0 Å². The summed E-state index contributed by atoms with van der Waals surface area (Å²) < 4.78 is 0. The third-order valence-corrected chi connectivity index (χ3v) is 4.91. The number of hydrogen-bond acceptors (Lipinski definition) is 3. The van der Waals surface area contributed by atoms with Crippen LogP contribution in [0, 0.1) is 0 Å². The Bertz CT molecular complexity index is 328. The van der Waals surface area contributed by atoms with Crippen LogP contribution in [-0.4, -0.2) is 51.6 Å². The van der Waals surface area contributed by atoms with E-state index in [0.29, 0.717) is 18.3 Å². The molecular formula is C13H24N2O3S. The summed E-state index contributed by atoms with van der Waals surface area (Å²) in [5, 5.41) is 12.5. The van der Waals surface area contributed by atoms with Gasteiger partial charge in [-0.1, -0.05) is 6.42 Å². The van der Waals surface area contributed by atoms with Crippen LogP contribution < -0.4 is 5.32 Å². The van der Waals surface area contributed by atoms with E-state index >= 15 is 0 Å². The van der Waals surface area contributed by atoms with Crippen molar-refractivity contribution < 1.29 is 14.7 Å². The first-order chi connectivity index (χ1) is 8.89. The minimum Gasteiger partial charge on any atom is -0.480 e. The SMILES string of the molecule is CCN(C(=O)NCC1CCCCS1)C(C)(C)C(=O)O. The lowest BCUT2D eigenvalue weighted by Crippen LogP contribution is -2.56. The first kappa shape index (κ1) is 16.1. The number of nitrogens with one attached hydrogen (secondary N) is 1. The summed E-state index contributed by atoms with van der Waals surface area (Å²) in [6.07, 6.45) is 3.59. The van der Waals surface area contributed by atoms with Crippen molar-refractivity contribution in [2.24, 2.45) is 0 Å². The number of rotatable bonds is 5. The number of nitrogens with zero attached hydrogens (tertiary/aromatic N) is 1. The number of thioether (sulfide) groups is 1. The highest BCUT2D eigenvalue weighted by Crippen LogP contribution is 2.24. The average molecular weight is 288 g/mol. The molecule has 6 heteroatoms. The number of hydrogen-bond donors (Lipinski definition) is 2. The van der Waals surface area contributed by atoms with Crippen molar-refractivity contribution in [3.8, 4) is 0 Å². The van der Waals surface area contributed by atoms with E-state index < -0.39 is 11.5 Å². The van der Waals surface area contributed by atoms with Gasteiger partial charge in [0.2, 0.25) is 0 Å². The van der Waals surface area contributed by atoms with Crippen molar-refractivity contribution in [3.05, 3.63) is 0 Å². The molecular weight excluding hydrogens is 264 g/mol. The van der Waals surface area contributed by atoms with Crippen molar-refractivity contribution in [1.82, 2.24) is 10.2 Å². The van der Waals surface area contributed by atoms with Crippen LogP contribution in [0.4, 0.5) is 4.79 Å². The van der Waals surface area contributed by atoms with Gasteiger partial charge in [0, 0.05) is 18.3 Å². The van der Waals surface area contributed by atoms with Gasteiger partial charge < -0.3 is 15.3 Å². The van der Waals surface area contributed by atoms with E-state index in [1.165, 1.54) is 17.7 Å². The van der Waals surface area contributed by atoms with Gasteiger partial charge >= 0.3 is 12.0 Å². The predicted molar refractivity (Wildman–Crippen MR) is 77.6 cm³/mol. The Morgan fingerprint density at radius 3 is 2.58 bits per heavy atom. The van der Waals surface area contributed by atoms with Crippen molar-refractivity contribution in [2.75, 3.05) is 18.8 Å². The number of aliphatic carboxylic acids is 1. The Morgan fingerprint density at radius 1 is 1.42 bits per heavy atom. The third kappa shape index (κ3) is 4.30. The summed E-state index contributed by atoms with van der Waals surface area (Å²) in [5.74, 6) is 0.162. The Balaban J connectivity index is 2.52. The van der Waals surface area contributed by atoms with Gasteiger partial charge in [-0.2, -0.15) is 11.8 Å². The molecule has 1 saturated heterocycles. The van der Waals surface area contributed by atoms with Gasteiger partial charge in [0.1, 0.15) is 5.54 Å². The molecule has 0 saturated carbocycles. The van der Waals surface area contributed by atoms with Crippen LogP contribution in [0.25, 0.3) is 0 Å². The van der Waals surface area contributed by atoms with Crippen LogP contribution >= 0.6 is 11.8 Å². The van der Waals surface area contributed by atoms with Crippen LogP contribution in [0.3, 0.4) is 0 Å². The van der Waals surface area contributed by atoms with E-state index in [1.54, 1.807) is 20.8 Å². The predicted octanol–water partition coefficient (Wildman–Crippen LogP) is 2.17. The molecule has 1 fully saturated rings. The number of amides is 2. The second-order valence-electron chi connectivity index (χ2n) is 5.28. The molecule has 0 aromatic carbocycles. The summed E-state index contributed by atoms with van der Waals surface area (Å²) in [5.41, 5.74) is -1.18. The normalized spacial score (nSPS) is 19.8. The molecule has 1 heterocycles. The molecule has 110 valence electrons. The summed E-state index contributed by atoms with van der Waals surface area (Å²) >= 11 is 1.89. The Labute approximate surface area is 119 Å². The molecule has 0 aliphatic carbocycles. The summed E-state index contributed by atoms with van der Waals surface area (Å²) in [6.45, 7) is 5.89. The maximum atomic E-state index is 12.1. The number of likely N-dealkylation sites (N-methyl/N-ethyl adjacent to an activating group) is 1. The fourth-order valence-electron chi connectivity index (χ4n) is 2.17. The zero-order valence-electron chi connectivity index (χ0n) is 11.9. The van der Waals surface area contributed by atoms with Gasteiger partial charge in [0.25, 0.3) is 0 Å². The molecule has 0 radical (unpaired) electrons. The molecule has 1 unspecified atom stereocenters. The fraction of sp³-hybridized carbons (Fsp3) is 0.846. The molecule has 2 N–H and O–H groups in total. The van der Waals surface area contributed by atoms with Gasteiger partial charge in [-0.3, -0.25) is 0 Å². The molecule has 5 nitrogen and oxygen atoms in total. The highest BCUT2D eigenvalue weighted by molar-refractivity contribution is 7.99. The van der Waals surface area contributed by atoms with E-state index in [9.17, 15) is 14.7 Å². The largest absolute Gasteiger partial charge is 0.480 e. The minimum atomic E-state index is -1.18. The zero-order valence-corrected chi connectivity index (χ0v) is 12.8. The lowest BCUT2D eigenvalue weighted by Gasteiger charge is -2.34. The first-order valence-electron chi connectivity index (χ1n) is 6.80. The van der Waals surface area contributed by atoms with Crippen LogP contribution in [0.1, 0.15) is 40.0 Å². The molecule has 0 aromatic rings. The molecule has 1 aliphatic heterocycles. The quantitative estimate of drug-likeness (QED) is 0.813. The molecule has 1 atom stereocenters. The standard InChI is InChI=1S/C13H24N2O3S/c1-4-15(13(2,3)11(16)17)12(18)14-9-10-7-5-6-8-19-10/h10H,4-9H2,1-3H3,(H,14,18)(H,16,17). The van der Waals surface area contributed by atoms with Crippen LogP contribution in [0.2, 0.25) is 0 Å². The monoisotopic (exact) mass is 288 g/mol. The minimum absolute atomic E-state index is 0.291. The lowest BCUT2D eigenvalue weighted by atomic mass is 10.0. The second kappa shape index (κ2) is 7.03. The second-order valence-corrected chi connectivity index (χ2v) is 6.69. The Hall–Kier alpha value is -0.910. The molecule has 19 heavy (non-hydrogen) atoms. The molecule has 0 bridgehead atoms. The molecule has 2 amide bonds.